The average molecular weight is 152 g/mol. The normalized spacial score (nSPS) is 53.5. The molecule has 0 spiro atoms. The molecular formula is C11H20. The van der Waals surface area contributed by atoms with Crippen LogP contribution in [0, 0.1) is 29.1 Å². The zero-order valence-electron chi connectivity index (χ0n) is 8.22. The molecule has 0 heteroatoms. The van der Waals surface area contributed by atoms with Gasteiger partial charge >= 0.3 is 0 Å². The van der Waals surface area contributed by atoms with Gasteiger partial charge in [0.25, 0.3) is 0 Å². The highest BCUT2D eigenvalue weighted by molar-refractivity contribution is 5.03. The topological polar surface area (TPSA) is 0 Å². The van der Waals surface area contributed by atoms with Crippen molar-refractivity contribution in [3.8, 4) is 0 Å². The van der Waals surface area contributed by atoms with Gasteiger partial charge in [-0.3, -0.25) is 0 Å². The molecule has 0 heterocycles. The van der Waals surface area contributed by atoms with Crippen LogP contribution in [0.15, 0.2) is 0 Å². The Morgan fingerprint density at radius 2 is 1.73 bits per heavy atom. The second-order valence-electron chi connectivity index (χ2n) is 5.43. The molecule has 2 bridgehead atoms. The van der Waals surface area contributed by atoms with Gasteiger partial charge in [0.1, 0.15) is 0 Å². The number of hydrogen-bond acceptors (Lipinski definition) is 0. The molecule has 0 radical (unpaired) electrons. The van der Waals surface area contributed by atoms with Crippen molar-refractivity contribution in [2.75, 3.05) is 0 Å². The van der Waals surface area contributed by atoms with E-state index >= 15 is 0 Å². The summed E-state index contributed by atoms with van der Waals surface area (Å²) in [6.07, 6.45) is 3.02. The van der Waals surface area contributed by atoms with Crippen LogP contribution in [0.25, 0.3) is 0 Å². The minimum Gasteiger partial charge on any atom is -0.0622 e. The summed E-state index contributed by atoms with van der Waals surface area (Å²) in [5, 5.41) is 0. The van der Waals surface area contributed by atoms with Crippen LogP contribution in [-0.4, -0.2) is 0 Å². The van der Waals surface area contributed by atoms with Gasteiger partial charge < -0.3 is 0 Å². The van der Waals surface area contributed by atoms with E-state index in [1.165, 1.54) is 12.8 Å². The van der Waals surface area contributed by atoms with Gasteiger partial charge in [0.15, 0.2) is 0 Å². The van der Waals surface area contributed by atoms with Crippen LogP contribution < -0.4 is 0 Å². The molecule has 0 aromatic heterocycles. The maximum Gasteiger partial charge on any atom is -0.0295 e. The van der Waals surface area contributed by atoms with Crippen molar-refractivity contribution in [2.45, 2.75) is 40.5 Å². The average Bonchev–Trinajstić information content (AvgIpc) is 1.93. The molecule has 0 amide bonds. The lowest BCUT2D eigenvalue weighted by molar-refractivity contribution is -0.124. The Labute approximate surface area is 70.4 Å². The number of hydrogen-bond donors (Lipinski definition) is 0. The Bertz CT molecular complexity index is 169. The van der Waals surface area contributed by atoms with Gasteiger partial charge in [-0.15, -0.1) is 0 Å². The molecule has 4 atom stereocenters. The van der Waals surface area contributed by atoms with Crippen molar-refractivity contribution < 1.29 is 0 Å². The molecule has 0 saturated heterocycles. The third kappa shape index (κ3) is 0.816. The number of rotatable bonds is 0. The van der Waals surface area contributed by atoms with Gasteiger partial charge in [-0.05, 0) is 41.9 Å². The second-order valence-corrected chi connectivity index (χ2v) is 5.43. The van der Waals surface area contributed by atoms with E-state index in [1.54, 1.807) is 0 Å². The van der Waals surface area contributed by atoms with Gasteiger partial charge in [0, 0.05) is 0 Å². The van der Waals surface area contributed by atoms with Gasteiger partial charge in [-0.25, -0.2) is 0 Å². The van der Waals surface area contributed by atoms with Gasteiger partial charge in [-0.2, -0.15) is 0 Å². The molecule has 3 aliphatic rings. The maximum atomic E-state index is 2.47. The summed E-state index contributed by atoms with van der Waals surface area (Å²) in [4.78, 5) is 0. The molecule has 0 N–H and O–H groups in total. The second kappa shape index (κ2) is 2.02. The summed E-state index contributed by atoms with van der Waals surface area (Å²) in [5.74, 6) is 4.07. The first kappa shape index (κ1) is 7.64. The fourth-order valence-corrected chi connectivity index (χ4v) is 3.41. The van der Waals surface area contributed by atoms with Crippen molar-refractivity contribution in [2.24, 2.45) is 29.1 Å². The Hall–Kier alpha value is 0. The number of fused-ring (bicyclic) bond motifs is 2. The molecule has 3 fully saturated rings. The maximum absolute atomic E-state index is 2.47. The molecule has 0 aromatic carbocycles. The SMILES string of the molecule is C[C@@H]1[C@H](C)C[C@H]2C[C@@H]1C2(C)C. The van der Waals surface area contributed by atoms with Crippen molar-refractivity contribution in [1.29, 1.82) is 0 Å². The first-order valence-electron chi connectivity index (χ1n) is 5.03. The summed E-state index contributed by atoms with van der Waals surface area (Å²) in [6.45, 7) is 9.81. The third-order valence-electron chi connectivity index (χ3n) is 4.73. The van der Waals surface area contributed by atoms with E-state index in [4.69, 9.17) is 0 Å². The van der Waals surface area contributed by atoms with Crippen molar-refractivity contribution in [3.05, 3.63) is 0 Å². The molecule has 3 rings (SSSR count). The fourth-order valence-electron chi connectivity index (χ4n) is 3.41. The molecule has 3 saturated carbocycles. The summed E-state index contributed by atoms with van der Waals surface area (Å²) >= 11 is 0. The van der Waals surface area contributed by atoms with E-state index in [1.807, 2.05) is 0 Å². The quantitative estimate of drug-likeness (QED) is 0.499. The molecular weight excluding hydrogens is 132 g/mol. The zero-order chi connectivity index (χ0) is 8.22. The Morgan fingerprint density at radius 1 is 1.09 bits per heavy atom. The highest BCUT2D eigenvalue weighted by Gasteiger charge is 2.54. The van der Waals surface area contributed by atoms with E-state index in [2.05, 4.69) is 27.7 Å². The minimum atomic E-state index is 0.686. The molecule has 11 heavy (non-hydrogen) atoms. The van der Waals surface area contributed by atoms with E-state index in [0.717, 1.165) is 23.7 Å². The molecule has 3 aliphatic carbocycles. The third-order valence-corrected chi connectivity index (χ3v) is 4.73. The van der Waals surface area contributed by atoms with Gasteiger partial charge in [-0.1, -0.05) is 27.7 Å². The predicted octanol–water partition coefficient (Wildman–Crippen LogP) is 3.32. The lowest BCUT2D eigenvalue weighted by atomic mass is 9.44. The summed E-state index contributed by atoms with van der Waals surface area (Å²) in [5.41, 5.74) is 0.686. The monoisotopic (exact) mass is 152 g/mol. The van der Waals surface area contributed by atoms with Crippen LogP contribution in [0.3, 0.4) is 0 Å². The Kier molecular flexibility index (Phi) is 1.41. The lowest BCUT2D eigenvalue weighted by Crippen LogP contribution is -2.54. The van der Waals surface area contributed by atoms with E-state index in [0.29, 0.717) is 5.41 Å². The predicted molar refractivity (Wildman–Crippen MR) is 48.3 cm³/mol. The van der Waals surface area contributed by atoms with Crippen LogP contribution in [0.5, 0.6) is 0 Å². The standard InChI is InChI=1S/C11H20/c1-7-5-9-6-10(8(7)2)11(9,3)4/h7-10H,5-6H2,1-4H3/t7-,8-,9+,10+/m1/s1. The van der Waals surface area contributed by atoms with Crippen LogP contribution in [0.4, 0.5) is 0 Å². The fraction of sp³-hybridized carbons (Fsp3) is 1.00. The smallest absolute Gasteiger partial charge is 0.0295 e. The van der Waals surface area contributed by atoms with Crippen molar-refractivity contribution in [3.63, 3.8) is 0 Å². The van der Waals surface area contributed by atoms with E-state index < -0.39 is 0 Å². The Balaban J connectivity index is 2.17. The van der Waals surface area contributed by atoms with Gasteiger partial charge in [0.05, 0.1) is 0 Å². The Morgan fingerprint density at radius 3 is 2.09 bits per heavy atom. The molecule has 0 nitrogen and oxygen atoms in total. The highest BCUT2D eigenvalue weighted by Crippen LogP contribution is 2.62. The lowest BCUT2D eigenvalue weighted by Gasteiger charge is -2.61. The summed E-state index contributed by atoms with van der Waals surface area (Å²) < 4.78 is 0. The molecule has 0 aromatic rings. The van der Waals surface area contributed by atoms with E-state index in [9.17, 15) is 0 Å². The largest absolute Gasteiger partial charge is 0.0622 e. The highest BCUT2D eigenvalue weighted by atomic mass is 14.6. The summed E-state index contributed by atoms with van der Waals surface area (Å²) in [7, 11) is 0. The molecule has 0 unspecified atom stereocenters. The first-order chi connectivity index (χ1) is 5.03. The zero-order valence-corrected chi connectivity index (χ0v) is 8.22. The molecule has 64 valence electrons. The molecule has 0 aliphatic heterocycles. The van der Waals surface area contributed by atoms with Crippen molar-refractivity contribution in [1.82, 2.24) is 0 Å². The van der Waals surface area contributed by atoms with Crippen LogP contribution in [0.2, 0.25) is 0 Å². The van der Waals surface area contributed by atoms with Crippen LogP contribution in [-0.2, 0) is 0 Å². The van der Waals surface area contributed by atoms with Crippen molar-refractivity contribution >= 4 is 0 Å². The minimum absolute atomic E-state index is 0.686. The van der Waals surface area contributed by atoms with E-state index in [-0.39, 0.29) is 0 Å². The van der Waals surface area contributed by atoms with Crippen LogP contribution >= 0.6 is 0 Å². The summed E-state index contributed by atoms with van der Waals surface area (Å²) in [6, 6.07) is 0. The first-order valence-corrected chi connectivity index (χ1v) is 5.03. The van der Waals surface area contributed by atoms with Gasteiger partial charge in [0.2, 0.25) is 0 Å². The van der Waals surface area contributed by atoms with Crippen LogP contribution in [0.1, 0.15) is 40.5 Å².